The first-order valence-electron chi connectivity index (χ1n) is 12.9. The molecule has 5 rings (SSSR count). The first-order chi connectivity index (χ1) is 17.5. The molecule has 0 saturated carbocycles. The van der Waals surface area contributed by atoms with E-state index in [4.69, 9.17) is 0 Å². The van der Waals surface area contributed by atoms with Gasteiger partial charge >= 0.3 is 0 Å². The van der Waals surface area contributed by atoms with Crippen molar-refractivity contribution < 1.29 is 9.90 Å². The molecule has 1 aromatic heterocycles. The lowest BCUT2D eigenvalue weighted by Gasteiger charge is -2.39. The molecule has 36 heavy (non-hydrogen) atoms. The fourth-order valence-electron chi connectivity index (χ4n) is 5.31. The Kier molecular flexibility index (Phi) is 7.06. The molecule has 1 amide bonds. The quantitative estimate of drug-likeness (QED) is 0.335. The van der Waals surface area contributed by atoms with Crippen molar-refractivity contribution in [1.29, 1.82) is 0 Å². The molecule has 1 saturated heterocycles. The summed E-state index contributed by atoms with van der Waals surface area (Å²) >= 11 is 0. The summed E-state index contributed by atoms with van der Waals surface area (Å²) in [5.74, 6) is 0.356. The molecule has 4 heteroatoms. The Morgan fingerprint density at radius 3 is 2.00 bits per heavy atom. The smallest absolute Gasteiger partial charge is 0.223 e. The molecule has 3 aromatic carbocycles. The Morgan fingerprint density at radius 2 is 1.39 bits per heavy atom. The van der Waals surface area contributed by atoms with Crippen molar-refractivity contribution in [3.63, 3.8) is 0 Å². The second-order valence-electron chi connectivity index (χ2n) is 10.1. The Labute approximate surface area is 213 Å². The van der Waals surface area contributed by atoms with Gasteiger partial charge in [0.1, 0.15) is 0 Å². The number of rotatable bonds is 7. The number of piperidine rings is 1. The van der Waals surface area contributed by atoms with Gasteiger partial charge in [0.15, 0.2) is 0 Å². The second-order valence-corrected chi connectivity index (χ2v) is 10.1. The third-order valence-corrected chi connectivity index (χ3v) is 7.46. The van der Waals surface area contributed by atoms with E-state index in [1.165, 1.54) is 5.56 Å². The average Bonchev–Trinajstić information content (AvgIpc) is 3.33. The van der Waals surface area contributed by atoms with Crippen molar-refractivity contribution in [2.24, 2.45) is 0 Å². The van der Waals surface area contributed by atoms with Crippen LogP contribution in [0.5, 0.6) is 0 Å². The van der Waals surface area contributed by atoms with Crippen molar-refractivity contribution in [1.82, 2.24) is 9.47 Å². The maximum atomic E-state index is 13.0. The van der Waals surface area contributed by atoms with E-state index >= 15 is 0 Å². The van der Waals surface area contributed by atoms with E-state index in [1.54, 1.807) is 0 Å². The Balaban J connectivity index is 1.30. The molecule has 2 heterocycles. The summed E-state index contributed by atoms with van der Waals surface area (Å²) in [5.41, 5.74) is 4.91. The number of amides is 1. The normalized spacial score (nSPS) is 16.0. The number of aromatic nitrogens is 1. The molecule has 1 aliphatic heterocycles. The van der Waals surface area contributed by atoms with Crippen molar-refractivity contribution in [2.45, 2.75) is 44.2 Å². The average molecular weight is 479 g/mol. The van der Waals surface area contributed by atoms with Crippen LogP contribution in [-0.2, 0) is 11.3 Å². The van der Waals surface area contributed by atoms with Crippen LogP contribution < -0.4 is 0 Å². The Bertz CT molecular complexity index is 1270. The van der Waals surface area contributed by atoms with E-state index in [0.717, 1.165) is 22.4 Å². The Morgan fingerprint density at radius 1 is 0.833 bits per heavy atom. The highest BCUT2D eigenvalue weighted by Gasteiger charge is 2.35. The standard InChI is InChI=1S/C32H34N2O2/c1-25(26-11-5-2-6-12-26)23-30(35)33-21-18-32(36,19-22-33)24-34-20-17-29(27-13-7-3-8-14-27)31(34)28-15-9-4-10-16-28/h2-17,20,25,36H,18-19,21-24H2,1H3. The van der Waals surface area contributed by atoms with Gasteiger partial charge in [-0.25, -0.2) is 0 Å². The molecular weight excluding hydrogens is 444 g/mol. The van der Waals surface area contributed by atoms with Crippen molar-refractivity contribution in [3.05, 3.63) is 109 Å². The van der Waals surface area contributed by atoms with Crippen LogP contribution >= 0.6 is 0 Å². The van der Waals surface area contributed by atoms with Crippen molar-refractivity contribution in [2.75, 3.05) is 13.1 Å². The Hall–Kier alpha value is -3.63. The van der Waals surface area contributed by atoms with E-state index in [2.05, 4.69) is 84.4 Å². The van der Waals surface area contributed by atoms with Gasteiger partial charge in [0.2, 0.25) is 5.91 Å². The SMILES string of the molecule is CC(CC(=O)N1CCC(O)(Cn2ccc(-c3ccccc3)c2-c2ccccc2)CC1)c1ccccc1. The zero-order valence-electron chi connectivity index (χ0n) is 20.9. The first kappa shape index (κ1) is 24.1. The number of hydrogen-bond acceptors (Lipinski definition) is 2. The van der Waals surface area contributed by atoms with Crippen LogP contribution in [0.4, 0.5) is 0 Å². The predicted octanol–water partition coefficient (Wildman–Crippen LogP) is 6.37. The van der Waals surface area contributed by atoms with Gasteiger partial charge in [-0.2, -0.15) is 0 Å². The lowest BCUT2D eigenvalue weighted by molar-refractivity contribution is -0.136. The maximum absolute atomic E-state index is 13.0. The number of aliphatic hydroxyl groups is 1. The van der Waals surface area contributed by atoms with E-state index in [0.29, 0.717) is 38.9 Å². The second kappa shape index (κ2) is 10.5. The first-order valence-corrected chi connectivity index (χ1v) is 12.9. The van der Waals surface area contributed by atoms with Gasteiger partial charge < -0.3 is 14.6 Å². The van der Waals surface area contributed by atoms with Gasteiger partial charge in [0.05, 0.1) is 17.8 Å². The van der Waals surface area contributed by atoms with Crippen LogP contribution in [0.2, 0.25) is 0 Å². The van der Waals surface area contributed by atoms with Crippen LogP contribution in [0.15, 0.2) is 103 Å². The predicted molar refractivity (Wildman–Crippen MR) is 146 cm³/mol. The highest BCUT2D eigenvalue weighted by molar-refractivity contribution is 5.82. The van der Waals surface area contributed by atoms with Crippen LogP contribution in [0.3, 0.4) is 0 Å². The van der Waals surface area contributed by atoms with E-state index < -0.39 is 5.60 Å². The molecule has 0 bridgehead atoms. The highest BCUT2D eigenvalue weighted by Crippen LogP contribution is 2.35. The minimum absolute atomic E-state index is 0.172. The zero-order valence-corrected chi connectivity index (χ0v) is 20.9. The summed E-state index contributed by atoms with van der Waals surface area (Å²) in [5, 5.41) is 11.6. The summed E-state index contributed by atoms with van der Waals surface area (Å²) < 4.78 is 2.19. The molecular formula is C32H34N2O2. The molecule has 1 fully saturated rings. The molecule has 4 nitrogen and oxygen atoms in total. The fraction of sp³-hybridized carbons (Fsp3) is 0.281. The molecule has 1 unspecified atom stereocenters. The molecule has 0 aliphatic carbocycles. The van der Waals surface area contributed by atoms with Gasteiger partial charge in [-0.05, 0) is 41.5 Å². The van der Waals surface area contributed by atoms with Gasteiger partial charge in [-0.15, -0.1) is 0 Å². The summed E-state index contributed by atoms with van der Waals surface area (Å²) in [6.45, 7) is 3.79. The molecule has 0 spiro atoms. The maximum Gasteiger partial charge on any atom is 0.223 e. The third kappa shape index (κ3) is 5.29. The minimum Gasteiger partial charge on any atom is -0.388 e. The van der Waals surface area contributed by atoms with E-state index in [-0.39, 0.29) is 11.8 Å². The summed E-state index contributed by atoms with van der Waals surface area (Å²) in [6, 6.07) is 33.1. The van der Waals surface area contributed by atoms with E-state index in [1.807, 2.05) is 35.2 Å². The third-order valence-electron chi connectivity index (χ3n) is 7.46. The van der Waals surface area contributed by atoms with Crippen molar-refractivity contribution in [3.8, 4) is 22.4 Å². The van der Waals surface area contributed by atoms with Gasteiger partial charge in [0, 0.05) is 31.3 Å². The molecule has 4 aromatic rings. The van der Waals surface area contributed by atoms with Gasteiger partial charge in [0.25, 0.3) is 0 Å². The number of likely N-dealkylation sites (tertiary alicyclic amines) is 1. The van der Waals surface area contributed by atoms with Gasteiger partial charge in [-0.1, -0.05) is 97.9 Å². The topological polar surface area (TPSA) is 45.5 Å². The number of carbonyl (C=O) groups excluding carboxylic acids is 1. The lowest BCUT2D eigenvalue weighted by Crippen LogP contribution is -2.48. The molecule has 1 aliphatic rings. The highest BCUT2D eigenvalue weighted by atomic mass is 16.3. The largest absolute Gasteiger partial charge is 0.388 e. The molecule has 0 radical (unpaired) electrons. The van der Waals surface area contributed by atoms with Crippen molar-refractivity contribution >= 4 is 5.91 Å². The van der Waals surface area contributed by atoms with Gasteiger partial charge in [-0.3, -0.25) is 4.79 Å². The summed E-state index contributed by atoms with van der Waals surface area (Å²) in [6.07, 6.45) is 3.73. The van der Waals surface area contributed by atoms with Crippen LogP contribution in [0, 0.1) is 0 Å². The molecule has 1 N–H and O–H groups in total. The molecule has 1 atom stereocenters. The molecule has 184 valence electrons. The van der Waals surface area contributed by atoms with E-state index in [9.17, 15) is 9.90 Å². The number of benzene rings is 3. The lowest BCUT2D eigenvalue weighted by atomic mass is 9.90. The summed E-state index contributed by atoms with van der Waals surface area (Å²) in [4.78, 5) is 14.9. The fourth-order valence-corrected chi connectivity index (χ4v) is 5.31. The number of nitrogens with zero attached hydrogens (tertiary/aromatic N) is 2. The van der Waals surface area contributed by atoms with Crippen LogP contribution in [0.1, 0.15) is 37.7 Å². The van der Waals surface area contributed by atoms with Crippen LogP contribution in [-0.4, -0.2) is 39.2 Å². The van der Waals surface area contributed by atoms with Crippen LogP contribution in [0.25, 0.3) is 22.4 Å². The number of carbonyl (C=O) groups is 1. The monoisotopic (exact) mass is 478 g/mol. The number of hydrogen-bond donors (Lipinski definition) is 1. The minimum atomic E-state index is -0.849. The zero-order chi connectivity index (χ0) is 25.0. The summed E-state index contributed by atoms with van der Waals surface area (Å²) in [7, 11) is 0.